The van der Waals surface area contributed by atoms with Crippen LogP contribution in [0.15, 0.2) is 42.5 Å². The Morgan fingerprint density at radius 1 is 1.09 bits per heavy atom. The van der Waals surface area contributed by atoms with E-state index >= 15 is 0 Å². The van der Waals surface area contributed by atoms with E-state index in [1.54, 1.807) is 35.9 Å². The first-order valence-electron chi connectivity index (χ1n) is 11.0. The van der Waals surface area contributed by atoms with Crippen molar-refractivity contribution in [1.29, 1.82) is 0 Å². The van der Waals surface area contributed by atoms with Crippen LogP contribution < -0.4 is 10.1 Å². The SMILES string of the molecule is Cc1nc(-c2ccc(Nc3nc4n(n3)CCCCC4c3ccc(OC(F)(F)F)cc3)cc2F)n[nH]1. The molecular formula is C23H21F4N7O. The average molecular weight is 487 g/mol. The van der Waals surface area contributed by atoms with Gasteiger partial charge >= 0.3 is 6.36 Å². The largest absolute Gasteiger partial charge is 0.573 e. The van der Waals surface area contributed by atoms with Gasteiger partial charge in [0.1, 0.15) is 23.2 Å². The van der Waals surface area contributed by atoms with Gasteiger partial charge in [0.05, 0.1) is 5.56 Å². The summed E-state index contributed by atoms with van der Waals surface area (Å²) in [6.07, 6.45) is -2.15. The molecule has 0 spiro atoms. The molecule has 0 saturated carbocycles. The van der Waals surface area contributed by atoms with Crippen LogP contribution in [-0.2, 0) is 6.54 Å². The van der Waals surface area contributed by atoms with Crippen molar-refractivity contribution >= 4 is 11.6 Å². The Kier molecular flexibility index (Phi) is 5.87. The van der Waals surface area contributed by atoms with Crippen LogP contribution in [-0.4, -0.2) is 36.3 Å². The van der Waals surface area contributed by atoms with Crippen molar-refractivity contribution in [3.63, 3.8) is 0 Å². The van der Waals surface area contributed by atoms with Gasteiger partial charge in [-0.2, -0.15) is 10.1 Å². The Bertz CT molecular complexity index is 1330. The third-order valence-electron chi connectivity index (χ3n) is 5.70. The molecule has 182 valence electrons. The molecule has 2 aromatic heterocycles. The summed E-state index contributed by atoms with van der Waals surface area (Å²) in [6.45, 7) is 2.39. The van der Waals surface area contributed by atoms with Crippen LogP contribution >= 0.6 is 0 Å². The zero-order chi connectivity index (χ0) is 24.6. The normalized spacial score (nSPS) is 16.0. The van der Waals surface area contributed by atoms with Gasteiger partial charge in [-0.15, -0.1) is 18.3 Å². The third kappa shape index (κ3) is 5.10. The quantitative estimate of drug-likeness (QED) is 0.363. The number of nitrogens with one attached hydrogen (secondary N) is 2. The summed E-state index contributed by atoms with van der Waals surface area (Å²) in [4.78, 5) is 8.79. The smallest absolute Gasteiger partial charge is 0.406 e. The number of fused-ring (bicyclic) bond motifs is 1. The molecule has 4 aromatic rings. The van der Waals surface area contributed by atoms with Gasteiger partial charge in [0.15, 0.2) is 5.82 Å². The fraction of sp³-hybridized carbons (Fsp3) is 0.304. The number of aromatic amines is 1. The van der Waals surface area contributed by atoms with Gasteiger partial charge in [0, 0.05) is 18.2 Å². The summed E-state index contributed by atoms with van der Waals surface area (Å²) in [5.74, 6) is 0.953. The molecule has 1 unspecified atom stereocenters. The van der Waals surface area contributed by atoms with Crippen LogP contribution in [0.1, 0.15) is 42.4 Å². The molecule has 0 saturated heterocycles. The zero-order valence-corrected chi connectivity index (χ0v) is 18.6. The standard InChI is InChI=1S/C23H21F4N7O/c1-13-28-20(32-31-13)18-10-7-15(12-19(18)24)29-22-30-21-17(4-2-3-11-34(21)33-22)14-5-8-16(9-6-14)35-23(25,26)27/h5-10,12,17H,2-4,11H2,1H3,(H,29,33)(H,28,31,32). The van der Waals surface area contributed by atoms with E-state index in [1.807, 2.05) is 0 Å². The minimum Gasteiger partial charge on any atom is -0.406 e. The molecule has 8 nitrogen and oxygen atoms in total. The predicted octanol–water partition coefficient (Wildman–Crippen LogP) is 5.47. The van der Waals surface area contributed by atoms with E-state index < -0.39 is 12.2 Å². The first-order valence-corrected chi connectivity index (χ1v) is 11.0. The molecule has 3 heterocycles. The summed E-state index contributed by atoms with van der Waals surface area (Å²) >= 11 is 0. The highest BCUT2D eigenvalue weighted by atomic mass is 19.4. The maximum absolute atomic E-state index is 14.7. The number of hydrogen-bond donors (Lipinski definition) is 2. The van der Waals surface area contributed by atoms with Crippen LogP contribution in [0.25, 0.3) is 11.4 Å². The average Bonchev–Trinajstić information content (AvgIpc) is 3.34. The number of ether oxygens (including phenoxy) is 1. The lowest BCUT2D eigenvalue weighted by atomic mass is 9.93. The Balaban J connectivity index is 1.37. The van der Waals surface area contributed by atoms with Crippen molar-refractivity contribution < 1.29 is 22.3 Å². The van der Waals surface area contributed by atoms with Gasteiger partial charge in [-0.25, -0.2) is 14.1 Å². The highest BCUT2D eigenvalue weighted by molar-refractivity contribution is 5.63. The second-order valence-electron chi connectivity index (χ2n) is 8.25. The monoisotopic (exact) mass is 487 g/mol. The molecule has 12 heteroatoms. The first kappa shape index (κ1) is 22.8. The Morgan fingerprint density at radius 2 is 1.89 bits per heavy atom. The molecule has 35 heavy (non-hydrogen) atoms. The lowest BCUT2D eigenvalue weighted by molar-refractivity contribution is -0.274. The number of halogens is 4. The van der Waals surface area contributed by atoms with E-state index in [0.29, 0.717) is 29.8 Å². The summed E-state index contributed by atoms with van der Waals surface area (Å²) in [5.41, 5.74) is 1.55. The Hall–Kier alpha value is -3.96. The van der Waals surface area contributed by atoms with Crippen LogP contribution in [0.2, 0.25) is 0 Å². The molecule has 2 N–H and O–H groups in total. The number of benzene rings is 2. The van der Waals surface area contributed by atoms with Gasteiger partial charge in [-0.05, 0) is 55.7 Å². The molecule has 0 aliphatic carbocycles. The fourth-order valence-corrected chi connectivity index (χ4v) is 4.15. The van der Waals surface area contributed by atoms with Crippen LogP contribution in [0.4, 0.5) is 29.2 Å². The van der Waals surface area contributed by atoms with Crippen molar-refractivity contribution in [1.82, 2.24) is 29.9 Å². The van der Waals surface area contributed by atoms with E-state index in [2.05, 4.69) is 35.3 Å². The van der Waals surface area contributed by atoms with E-state index in [-0.39, 0.29) is 23.1 Å². The van der Waals surface area contributed by atoms with Gasteiger partial charge in [-0.3, -0.25) is 5.10 Å². The number of rotatable bonds is 5. The van der Waals surface area contributed by atoms with Crippen molar-refractivity contribution in [3.8, 4) is 17.1 Å². The van der Waals surface area contributed by atoms with Gasteiger partial charge < -0.3 is 10.1 Å². The maximum Gasteiger partial charge on any atom is 0.573 e. The van der Waals surface area contributed by atoms with Crippen molar-refractivity contribution in [2.75, 3.05) is 5.32 Å². The van der Waals surface area contributed by atoms with Crippen molar-refractivity contribution in [2.45, 2.75) is 45.0 Å². The molecule has 0 bridgehead atoms. The Labute approximate surface area is 197 Å². The molecule has 2 aromatic carbocycles. The molecule has 1 atom stereocenters. The minimum atomic E-state index is -4.74. The van der Waals surface area contributed by atoms with E-state index in [1.165, 1.54) is 18.2 Å². The molecule has 0 fully saturated rings. The fourth-order valence-electron chi connectivity index (χ4n) is 4.15. The second-order valence-corrected chi connectivity index (χ2v) is 8.25. The molecular weight excluding hydrogens is 466 g/mol. The van der Waals surface area contributed by atoms with Gasteiger partial charge in [-0.1, -0.05) is 18.6 Å². The lowest BCUT2D eigenvalue weighted by Crippen LogP contribution is -2.17. The summed E-state index contributed by atoms with van der Waals surface area (Å²) in [7, 11) is 0. The topological polar surface area (TPSA) is 93.5 Å². The molecule has 1 aliphatic rings. The third-order valence-corrected chi connectivity index (χ3v) is 5.70. The first-order chi connectivity index (χ1) is 16.7. The Morgan fingerprint density at radius 3 is 2.57 bits per heavy atom. The van der Waals surface area contributed by atoms with E-state index in [9.17, 15) is 17.6 Å². The van der Waals surface area contributed by atoms with Crippen molar-refractivity contribution in [3.05, 3.63) is 65.5 Å². The number of hydrogen-bond acceptors (Lipinski definition) is 6. The number of nitrogens with zero attached hydrogens (tertiary/aromatic N) is 5. The van der Waals surface area contributed by atoms with Crippen LogP contribution in [0.5, 0.6) is 5.75 Å². The lowest BCUT2D eigenvalue weighted by Gasteiger charge is -2.15. The molecule has 0 amide bonds. The molecule has 0 radical (unpaired) electrons. The number of aryl methyl sites for hydroxylation is 2. The number of aromatic nitrogens is 6. The molecule has 1 aliphatic heterocycles. The zero-order valence-electron chi connectivity index (χ0n) is 18.6. The summed E-state index contributed by atoms with van der Waals surface area (Å²) < 4.78 is 57.9. The van der Waals surface area contributed by atoms with Gasteiger partial charge in [0.25, 0.3) is 0 Å². The summed E-state index contributed by atoms with van der Waals surface area (Å²) in [6, 6.07) is 10.4. The number of H-pyrrole nitrogens is 1. The van der Waals surface area contributed by atoms with Crippen LogP contribution in [0.3, 0.4) is 0 Å². The highest BCUT2D eigenvalue weighted by Crippen LogP contribution is 2.34. The highest BCUT2D eigenvalue weighted by Gasteiger charge is 2.31. The van der Waals surface area contributed by atoms with E-state index in [0.717, 1.165) is 24.8 Å². The minimum absolute atomic E-state index is 0.145. The van der Waals surface area contributed by atoms with Crippen LogP contribution in [0, 0.1) is 12.7 Å². The predicted molar refractivity (Wildman–Crippen MR) is 119 cm³/mol. The maximum atomic E-state index is 14.7. The van der Waals surface area contributed by atoms with Crippen molar-refractivity contribution in [2.24, 2.45) is 0 Å². The second kappa shape index (κ2) is 9.01. The summed E-state index contributed by atoms with van der Waals surface area (Å²) in [5, 5.41) is 14.2. The van der Waals surface area contributed by atoms with E-state index in [4.69, 9.17) is 0 Å². The van der Waals surface area contributed by atoms with Gasteiger partial charge in [0.2, 0.25) is 5.95 Å². The number of anilines is 2. The molecule has 5 rings (SSSR count). The number of alkyl halides is 3.